The zero-order valence-electron chi connectivity index (χ0n) is 8.98. The predicted octanol–water partition coefficient (Wildman–Crippen LogP) is 2.61. The maximum atomic E-state index is 11.3. The van der Waals surface area contributed by atoms with Crippen LogP contribution in [0.4, 0.5) is 0 Å². The van der Waals surface area contributed by atoms with Gasteiger partial charge in [0, 0.05) is 17.4 Å². The summed E-state index contributed by atoms with van der Waals surface area (Å²) in [5.74, 6) is 0.612. The van der Waals surface area contributed by atoms with Crippen molar-refractivity contribution < 1.29 is 4.79 Å². The summed E-state index contributed by atoms with van der Waals surface area (Å²) in [5.41, 5.74) is 0.224. The fraction of sp³-hybridized carbons (Fsp3) is 0.900. The van der Waals surface area contributed by atoms with E-state index in [1.165, 1.54) is 0 Å². The van der Waals surface area contributed by atoms with Gasteiger partial charge in [-0.25, -0.2) is 0 Å². The normalized spacial score (nSPS) is 13.9. The lowest BCUT2D eigenvalue weighted by molar-refractivity contribution is -0.122. The number of halogens is 1. The number of alkyl halides is 1. The number of carbonyl (C=O) groups is 1. The van der Waals surface area contributed by atoms with Crippen molar-refractivity contribution in [2.45, 2.75) is 34.1 Å². The molecule has 3 heteroatoms. The van der Waals surface area contributed by atoms with Crippen LogP contribution >= 0.6 is 22.6 Å². The average molecular weight is 297 g/mol. The smallest absolute Gasteiger partial charge is 0.220 e. The van der Waals surface area contributed by atoms with Crippen molar-refractivity contribution in [3.63, 3.8) is 0 Å². The highest BCUT2D eigenvalue weighted by molar-refractivity contribution is 14.1. The molecule has 0 aliphatic carbocycles. The Morgan fingerprint density at radius 3 is 2.38 bits per heavy atom. The Morgan fingerprint density at radius 1 is 1.46 bits per heavy atom. The Hall–Kier alpha value is 0.200. The van der Waals surface area contributed by atoms with Crippen LogP contribution < -0.4 is 5.32 Å². The van der Waals surface area contributed by atoms with Crippen LogP contribution in [-0.2, 0) is 4.79 Å². The minimum absolute atomic E-state index is 0.180. The molecule has 0 radical (unpaired) electrons. The van der Waals surface area contributed by atoms with Crippen molar-refractivity contribution in [3.8, 4) is 0 Å². The van der Waals surface area contributed by atoms with E-state index in [0.717, 1.165) is 11.0 Å². The number of hydrogen-bond acceptors (Lipinski definition) is 1. The Bertz CT molecular complexity index is 163. The highest BCUT2D eigenvalue weighted by Crippen LogP contribution is 2.27. The summed E-state index contributed by atoms with van der Waals surface area (Å²) >= 11 is 2.26. The first-order valence-electron chi connectivity index (χ1n) is 4.70. The van der Waals surface area contributed by atoms with Gasteiger partial charge in [0.05, 0.1) is 0 Å². The first-order valence-corrected chi connectivity index (χ1v) is 6.23. The molecule has 0 aromatic rings. The van der Waals surface area contributed by atoms with E-state index < -0.39 is 0 Å². The first-order chi connectivity index (χ1) is 5.88. The van der Waals surface area contributed by atoms with Gasteiger partial charge in [0.15, 0.2) is 0 Å². The lowest BCUT2D eigenvalue weighted by Crippen LogP contribution is -2.30. The molecule has 0 spiro atoms. The molecule has 0 aliphatic heterocycles. The number of rotatable bonds is 4. The number of amides is 1. The monoisotopic (exact) mass is 297 g/mol. The second-order valence-corrected chi connectivity index (χ2v) is 5.59. The molecular formula is C10H20INO. The lowest BCUT2D eigenvalue weighted by Gasteiger charge is -2.26. The second-order valence-electron chi connectivity index (χ2n) is 4.51. The van der Waals surface area contributed by atoms with Crippen LogP contribution in [0.2, 0.25) is 0 Å². The second kappa shape index (κ2) is 5.83. The Balaban J connectivity index is 3.79. The van der Waals surface area contributed by atoms with E-state index in [9.17, 15) is 4.79 Å². The van der Waals surface area contributed by atoms with Crippen molar-refractivity contribution >= 4 is 28.5 Å². The fourth-order valence-electron chi connectivity index (χ4n) is 0.843. The number of nitrogens with one attached hydrogen (secondary N) is 1. The maximum Gasteiger partial charge on any atom is 0.220 e. The van der Waals surface area contributed by atoms with Gasteiger partial charge in [-0.1, -0.05) is 50.3 Å². The zero-order chi connectivity index (χ0) is 10.5. The highest BCUT2D eigenvalue weighted by atomic mass is 127. The Kier molecular flexibility index (Phi) is 5.92. The first kappa shape index (κ1) is 13.2. The Labute approximate surface area is 95.0 Å². The van der Waals surface area contributed by atoms with Crippen LogP contribution in [0.15, 0.2) is 0 Å². The Morgan fingerprint density at radius 2 is 2.00 bits per heavy atom. The fourth-order valence-corrected chi connectivity index (χ4v) is 1.11. The van der Waals surface area contributed by atoms with Crippen LogP contribution in [0.1, 0.15) is 34.1 Å². The molecule has 0 saturated carbocycles. The van der Waals surface area contributed by atoms with Crippen LogP contribution in [0.5, 0.6) is 0 Å². The summed E-state index contributed by atoms with van der Waals surface area (Å²) in [7, 11) is 0. The molecule has 13 heavy (non-hydrogen) atoms. The minimum Gasteiger partial charge on any atom is -0.355 e. The van der Waals surface area contributed by atoms with Crippen LogP contribution in [-0.4, -0.2) is 16.9 Å². The summed E-state index contributed by atoms with van der Waals surface area (Å²) < 4.78 is 0.980. The van der Waals surface area contributed by atoms with E-state index in [4.69, 9.17) is 0 Å². The molecule has 0 aliphatic rings. The van der Waals surface area contributed by atoms with Crippen LogP contribution in [0.25, 0.3) is 0 Å². The molecule has 1 unspecified atom stereocenters. The standard InChI is InChI=1S/C10H20INO/c1-8(10(2,3)4)7-9(13)12-6-5-11/h8H,5-7H2,1-4H3,(H,12,13). The van der Waals surface area contributed by atoms with Crippen LogP contribution in [0, 0.1) is 11.3 Å². The SMILES string of the molecule is CC(CC(=O)NCCI)C(C)(C)C. The zero-order valence-corrected chi connectivity index (χ0v) is 11.1. The van der Waals surface area contributed by atoms with Gasteiger partial charge in [0.25, 0.3) is 0 Å². The van der Waals surface area contributed by atoms with Crippen LogP contribution in [0.3, 0.4) is 0 Å². The van der Waals surface area contributed by atoms with Gasteiger partial charge in [-0.2, -0.15) is 0 Å². The molecule has 0 aromatic heterocycles. The number of hydrogen-bond donors (Lipinski definition) is 1. The van der Waals surface area contributed by atoms with E-state index in [-0.39, 0.29) is 11.3 Å². The molecule has 78 valence electrons. The molecule has 2 nitrogen and oxygen atoms in total. The quantitative estimate of drug-likeness (QED) is 0.627. The molecular weight excluding hydrogens is 277 g/mol. The van der Waals surface area contributed by atoms with Crippen molar-refractivity contribution in [1.82, 2.24) is 5.32 Å². The summed E-state index contributed by atoms with van der Waals surface area (Å²) in [5, 5.41) is 2.89. The largest absolute Gasteiger partial charge is 0.355 e. The molecule has 1 amide bonds. The van der Waals surface area contributed by atoms with Crippen molar-refractivity contribution in [2.75, 3.05) is 11.0 Å². The molecule has 0 bridgehead atoms. The van der Waals surface area contributed by atoms with Crippen molar-refractivity contribution in [3.05, 3.63) is 0 Å². The van der Waals surface area contributed by atoms with E-state index in [2.05, 4.69) is 55.6 Å². The molecule has 0 fully saturated rings. The van der Waals surface area contributed by atoms with E-state index in [1.807, 2.05) is 0 Å². The summed E-state index contributed by atoms with van der Waals surface area (Å²) in [6.07, 6.45) is 0.639. The van der Waals surface area contributed by atoms with E-state index in [0.29, 0.717) is 12.3 Å². The van der Waals surface area contributed by atoms with E-state index in [1.54, 1.807) is 0 Å². The van der Waals surface area contributed by atoms with Gasteiger partial charge in [0.2, 0.25) is 5.91 Å². The third kappa shape index (κ3) is 6.29. The van der Waals surface area contributed by atoms with Gasteiger partial charge in [-0.15, -0.1) is 0 Å². The molecule has 0 heterocycles. The molecule has 0 saturated heterocycles. The maximum absolute atomic E-state index is 11.3. The highest BCUT2D eigenvalue weighted by Gasteiger charge is 2.22. The van der Waals surface area contributed by atoms with Gasteiger partial charge >= 0.3 is 0 Å². The van der Waals surface area contributed by atoms with Gasteiger partial charge < -0.3 is 5.32 Å². The minimum atomic E-state index is 0.180. The third-order valence-electron chi connectivity index (χ3n) is 2.39. The predicted molar refractivity (Wildman–Crippen MR) is 65.1 cm³/mol. The summed E-state index contributed by atoms with van der Waals surface area (Å²) in [6, 6.07) is 0. The molecule has 0 rings (SSSR count). The van der Waals surface area contributed by atoms with Crippen molar-refractivity contribution in [2.24, 2.45) is 11.3 Å². The van der Waals surface area contributed by atoms with Gasteiger partial charge in [-0.3, -0.25) is 4.79 Å². The molecule has 0 aromatic carbocycles. The summed E-state index contributed by atoms with van der Waals surface area (Å²) in [4.78, 5) is 11.3. The number of carbonyl (C=O) groups excluding carboxylic acids is 1. The van der Waals surface area contributed by atoms with Crippen molar-refractivity contribution in [1.29, 1.82) is 0 Å². The topological polar surface area (TPSA) is 29.1 Å². The molecule has 1 atom stereocenters. The van der Waals surface area contributed by atoms with Gasteiger partial charge in [0.1, 0.15) is 0 Å². The third-order valence-corrected chi connectivity index (χ3v) is 2.93. The van der Waals surface area contributed by atoms with E-state index >= 15 is 0 Å². The summed E-state index contributed by atoms with van der Waals surface area (Å²) in [6.45, 7) is 9.43. The lowest BCUT2D eigenvalue weighted by atomic mass is 9.80. The van der Waals surface area contributed by atoms with Gasteiger partial charge in [-0.05, 0) is 11.3 Å². The average Bonchev–Trinajstić information content (AvgIpc) is 1.99. The molecule has 1 N–H and O–H groups in total.